The Hall–Kier alpha value is -2.97. The van der Waals surface area contributed by atoms with Gasteiger partial charge < -0.3 is 24.2 Å². The molecule has 1 aromatic carbocycles. The number of amides is 2. The predicted molar refractivity (Wildman–Crippen MR) is 163 cm³/mol. The van der Waals surface area contributed by atoms with Crippen molar-refractivity contribution < 1.29 is 19.4 Å². The van der Waals surface area contributed by atoms with Crippen LogP contribution in [0.4, 0.5) is 0 Å². The second kappa shape index (κ2) is 14.3. The largest absolute Gasteiger partial charge is 0.388 e. The van der Waals surface area contributed by atoms with Gasteiger partial charge in [-0.05, 0) is 24.3 Å². The quantitative estimate of drug-likeness (QED) is 0.518. The van der Waals surface area contributed by atoms with E-state index >= 15 is 0 Å². The Morgan fingerprint density at radius 3 is 2.29 bits per heavy atom. The third kappa shape index (κ3) is 8.07. The topological polar surface area (TPSA) is 92.1 Å². The standard InChI is InChI=1S/C31H43N3O4.C2H6O/c1-30(2)21-33(27(35)16-15-23-11-7-5-8-12-23)18-17-31(30,38)22-34-20-26(29(37)32(3)4)25(19-28(34)36)24-13-9-6-10-14-24;1-3-2/h6,9-10,13-14,19-20,23,38H,5,7-8,11-12,15-18,21-22H2,1-4H3;1-2H3. The van der Waals surface area contributed by atoms with E-state index in [1.807, 2.05) is 49.1 Å². The van der Waals surface area contributed by atoms with Crippen molar-refractivity contribution in [1.29, 1.82) is 0 Å². The summed E-state index contributed by atoms with van der Waals surface area (Å²) in [5, 5.41) is 11.8. The van der Waals surface area contributed by atoms with Crippen LogP contribution in [0.25, 0.3) is 11.1 Å². The van der Waals surface area contributed by atoms with Gasteiger partial charge in [0.05, 0.1) is 17.7 Å². The second-order valence-electron chi connectivity index (χ2n) is 12.6. The van der Waals surface area contributed by atoms with Crippen molar-refractivity contribution in [2.45, 2.75) is 77.4 Å². The van der Waals surface area contributed by atoms with Gasteiger partial charge in [-0.2, -0.15) is 0 Å². The Kier molecular flexibility index (Phi) is 11.3. The molecular formula is C33H49N3O5. The zero-order chi connectivity index (χ0) is 30.2. The van der Waals surface area contributed by atoms with Gasteiger partial charge in [-0.25, -0.2) is 0 Å². The molecule has 2 aromatic rings. The van der Waals surface area contributed by atoms with Gasteiger partial charge in [0.2, 0.25) is 5.91 Å². The van der Waals surface area contributed by atoms with E-state index in [4.69, 9.17) is 0 Å². The maximum Gasteiger partial charge on any atom is 0.255 e. The Labute approximate surface area is 245 Å². The minimum atomic E-state index is -1.20. The summed E-state index contributed by atoms with van der Waals surface area (Å²) in [4.78, 5) is 42.8. The minimum absolute atomic E-state index is 0.0612. The summed E-state index contributed by atoms with van der Waals surface area (Å²) < 4.78 is 5.71. The van der Waals surface area contributed by atoms with Crippen molar-refractivity contribution in [2.75, 3.05) is 41.4 Å². The number of carbonyl (C=O) groups is 2. The highest BCUT2D eigenvalue weighted by Crippen LogP contribution is 2.40. The summed E-state index contributed by atoms with van der Waals surface area (Å²) in [6.07, 6.45) is 9.80. The summed E-state index contributed by atoms with van der Waals surface area (Å²) in [5.41, 5.74) is -0.318. The SMILES string of the molecule is CN(C)C(=O)c1cn(CC2(O)CCN(C(=O)CCC3CCCCC3)CC2(C)C)c(=O)cc1-c1ccccc1.COC. The van der Waals surface area contributed by atoms with Gasteiger partial charge in [0, 0.05) is 71.1 Å². The molecule has 4 rings (SSSR count). The summed E-state index contributed by atoms with van der Waals surface area (Å²) in [5.74, 6) is 0.614. The van der Waals surface area contributed by atoms with Crippen LogP contribution in [0.1, 0.15) is 75.6 Å². The van der Waals surface area contributed by atoms with Gasteiger partial charge in [0.15, 0.2) is 0 Å². The number of rotatable bonds is 7. The third-order valence-electron chi connectivity index (χ3n) is 8.76. The average molecular weight is 568 g/mol. The van der Waals surface area contributed by atoms with Crippen LogP contribution in [0.15, 0.2) is 47.4 Å². The van der Waals surface area contributed by atoms with E-state index in [1.54, 1.807) is 34.5 Å². The molecule has 1 aliphatic carbocycles. The molecule has 1 aliphatic heterocycles. The summed E-state index contributed by atoms with van der Waals surface area (Å²) in [6, 6.07) is 10.9. The number of carbonyl (C=O) groups excluding carboxylic acids is 2. The molecule has 2 amide bonds. The lowest BCUT2D eigenvalue weighted by atomic mass is 9.69. The van der Waals surface area contributed by atoms with Crippen molar-refractivity contribution in [3.8, 4) is 11.1 Å². The van der Waals surface area contributed by atoms with E-state index in [9.17, 15) is 19.5 Å². The van der Waals surface area contributed by atoms with E-state index in [2.05, 4.69) is 4.74 Å². The number of likely N-dealkylation sites (tertiary alicyclic amines) is 1. The van der Waals surface area contributed by atoms with Gasteiger partial charge in [0.25, 0.3) is 11.5 Å². The number of nitrogens with zero attached hydrogens (tertiary/aromatic N) is 3. The van der Waals surface area contributed by atoms with Gasteiger partial charge in [-0.1, -0.05) is 76.3 Å². The average Bonchev–Trinajstić information content (AvgIpc) is 2.95. The molecule has 1 saturated carbocycles. The minimum Gasteiger partial charge on any atom is -0.388 e. The van der Waals surface area contributed by atoms with Crippen LogP contribution in [0.5, 0.6) is 0 Å². The predicted octanol–water partition coefficient (Wildman–Crippen LogP) is 4.83. The van der Waals surface area contributed by atoms with Crippen LogP contribution in [0.3, 0.4) is 0 Å². The lowest BCUT2D eigenvalue weighted by Crippen LogP contribution is -2.60. The first kappa shape index (κ1) is 32.5. The molecule has 1 saturated heterocycles. The zero-order valence-electron chi connectivity index (χ0n) is 25.8. The molecule has 1 atom stereocenters. The molecule has 226 valence electrons. The molecule has 8 nitrogen and oxygen atoms in total. The highest BCUT2D eigenvalue weighted by atomic mass is 16.4. The number of benzene rings is 1. The number of hydrogen-bond donors (Lipinski definition) is 1. The van der Waals surface area contributed by atoms with Crippen LogP contribution in [0.2, 0.25) is 0 Å². The Morgan fingerprint density at radius 2 is 1.71 bits per heavy atom. The summed E-state index contributed by atoms with van der Waals surface area (Å²) in [7, 11) is 6.62. The van der Waals surface area contributed by atoms with Crippen molar-refractivity contribution >= 4 is 11.8 Å². The highest BCUT2D eigenvalue weighted by molar-refractivity contribution is 6.00. The molecule has 1 aromatic heterocycles. The first-order valence-corrected chi connectivity index (χ1v) is 14.8. The Morgan fingerprint density at radius 1 is 1.07 bits per heavy atom. The number of hydrogen-bond acceptors (Lipinski definition) is 5. The van der Waals surface area contributed by atoms with Crippen LogP contribution in [-0.4, -0.2) is 78.3 Å². The van der Waals surface area contributed by atoms with Crippen molar-refractivity contribution in [2.24, 2.45) is 11.3 Å². The van der Waals surface area contributed by atoms with Gasteiger partial charge >= 0.3 is 0 Å². The van der Waals surface area contributed by atoms with Crippen LogP contribution in [0, 0.1) is 11.3 Å². The fourth-order valence-corrected chi connectivity index (χ4v) is 6.08. The lowest BCUT2D eigenvalue weighted by Gasteiger charge is -2.50. The number of piperidine rings is 1. The smallest absolute Gasteiger partial charge is 0.255 e. The first-order valence-electron chi connectivity index (χ1n) is 14.8. The number of ether oxygens (including phenoxy) is 1. The molecule has 8 heteroatoms. The molecule has 2 fully saturated rings. The summed E-state index contributed by atoms with van der Waals surface area (Å²) >= 11 is 0. The molecule has 0 radical (unpaired) electrons. The first-order chi connectivity index (χ1) is 19.4. The van der Waals surface area contributed by atoms with Crippen LogP contribution < -0.4 is 5.56 Å². The number of methoxy groups -OCH3 is 1. The van der Waals surface area contributed by atoms with E-state index in [1.165, 1.54) is 47.6 Å². The molecule has 2 aliphatic rings. The Bertz CT molecular complexity index is 1220. The molecular weight excluding hydrogens is 518 g/mol. The maximum atomic E-state index is 13.3. The molecule has 2 heterocycles. The van der Waals surface area contributed by atoms with E-state index in [0.29, 0.717) is 43.0 Å². The van der Waals surface area contributed by atoms with Crippen molar-refractivity contribution in [1.82, 2.24) is 14.4 Å². The fourth-order valence-electron chi connectivity index (χ4n) is 6.08. The number of aliphatic hydroxyl groups is 1. The summed E-state index contributed by atoms with van der Waals surface area (Å²) in [6.45, 7) is 4.88. The fraction of sp³-hybridized carbons (Fsp3) is 0.606. The van der Waals surface area contributed by atoms with Gasteiger partial charge in [0.1, 0.15) is 0 Å². The number of aromatic nitrogens is 1. The van der Waals surface area contributed by atoms with E-state index < -0.39 is 11.0 Å². The van der Waals surface area contributed by atoms with Gasteiger partial charge in [-0.15, -0.1) is 0 Å². The monoisotopic (exact) mass is 567 g/mol. The number of pyridine rings is 1. The Balaban J connectivity index is 0.00000147. The molecule has 0 spiro atoms. The highest BCUT2D eigenvalue weighted by Gasteiger charge is 2.49. The van der Waals surface area contributed by atoms with E-state index in [-0.39, 0.29) is 23.9 Å². The van der Waals surface area contributed by atoms with Gasteiger partial charge in [-0.3, -0.25) is 14.4 Å². The lowest BCUT2D eigenvalue weighted by molar-refractivity contribution is -0.154. The normalized spacial score (nSPS) is 20.6. The molecule has 1 unspecified atom stereocenters. The van der Waals surface area contributed by atoms with Crippen LogP contribution in [-0.2, 0) is 16.1 Å². The maximum absolute atomic E-state index is 13.3. The van der Waals surface area contributed by atoms with Crippen molar-refractivity contribution in [3.63, 3.8) is 0 Å². The zero-order valence-corrected chi connectivity index (χ0v) is 25.8. The molecule has 0 bridgehead atoms. The van der Waals surface area contributed by atoms with E-state index in [0.717, 1.165) is 12.0 Å². The second-order valence-corrected chi connectivity index (χ2v) is 12.6. The molecule has 41 heavy (non-hydrogen) atoms. The third-order valence-corrected chi connectivity index (χ3v) is 8.76. The molecule has 1 N–H and O–H groups in total. The van der Waals surface area contributed by atoms with Crippen molar-refractivity contribution in [3.05, 3.63) is 58.5 Å². The van der Waals surface area contributed by atoms with Crippen LogP contribution >= 0.6 is 0 Å².